The summed E-state index contributed by atoms with van der Waals surface area (Å²) in [6.45, 7) is -0.137. The molecule has 1 rings (SSSR count). The summed E-state index contributed by atoms with van der Waals surface area (Å²) in [5.74, 6) is -1.42. The summed E-state index contributed by atoms with van der Waals surface area (Å²) < 4.78 is 5.09. The molecule has 0 unspecified atom stereocenters. The van der Waals surface area contributed by atoms with Gasteiger partial charge in [-0.1, -0.05) is 0 Å². The summed E-state index contributed by atoms with van der Waals surface area (Å²) in [6, 6.07) is 4.56. The molecule has 2 amide bonds. The van der Waals surface area contributed by atoms with Gasteiger partial charge in [0, 0.05) is 24.3 Å². The van der Waals surface area contributed by atoms with Crippen molar-refractivity contribution in [2.24, 2.45) is 0 Å². The number of hydrogen-bond acceptors (Lipinski definition) is 4. The van der Waals surface area contributed by atoms with E-state index in [1.807, 2.05) is 0 Å². The number of hydrogen-bond donors (Lipinski definition) is 3. The van der Waals surface area contributed by atoms with Crippen molar-refractivity contribution in [3.8, 4) is 5.75 Å². The van der Waals surface area contributed by atoms with E-state index in [0.717, 1.165) is 6.08 Å². The third-order valence-corrected chi connectivity index (χ3v) is 2.59. The summed E-state index contributed by atoms with van der Waals surface area (Å²) in [6.07, 6.45) is 2.28. The van der Waals surface area contributed by atoms with E-state index in [1.165, 1.54) is 32.4 Å². The number of rotatable bonds is 6. The van der Waals surface area contributed by atoms with Gasteiger partial charge in [-0.25, -0.2) is 4.79 Å². The SMILES string of the molecule is CNC(=O)CNC(=O)c1ccc(OC)c(C=CC(=O)O)c1. The first-order chi connectivity index (χ1) is 9.97. The first-order valence-electron chi connectivity index (χ1n) is 6.05. The minimum atomic E-state index is -1.11. The topological polar surface area (TPSA) is 105 Å². The molecule has 0 atom stereocenters. The van der Waals surface area contributed by atoms with E-state index >= 15 is 0 Å². The highest BCUT2D eigenvalue weighted by atomic mass is 16.5. The van der Waals surface area contributed by atoms with Crippen molar-refractivity contribution in [3.63, 3.8) is 0 Å². The van der Waals surface area contributed by atoms with Crippen LogP contribution < -0.4 is 15.4 Å². The molecule has 0 aliphatic carbocycles. The van der Waals surface area contributed by atoms with E-state index < -0.39 is 11.9 Å². The van der Waals surface area contributed by atoms with Crippen molar-refractivity contribution in [1.82, 2.24) is 10.6 Å². The fraction of sp³-hybridized carbons (Fsp3) is 0.214. The molecule has 0 saturated heterocycles. The Morgan fingerprint density at radius 2 is 2.05 bits per heavy atom. The highest BCUT2D eigenvalue weighted by Gasteiger charge is 2.10. The molecule has 1 aromatic rings. The Morgan fingerprint density at radius 1 is 1.33 bits per heavy atom. The first-order valence-corrected chi connectivity index (χ1v) is 6.05. The Labute approximate surface area is 121 Å². The third-order valence-electron chi connectivity index (χ3n) is 2.59. The highest BCUT2D eigenvalue weighted by Crippen LogP contribution is 2.21. The zero-order valence-electron chi connectivity index (χ0n) is 11.7. The normalized spacial score (nSPS) is 10.2. The number of carbonyl (C=O) groups is 3. The number of ether oxygens (including phenoxy) is 1. The second-order valence-electron chi connectivity index (χ2n) is 3.98. The first kappa shape index (κ1) is 16.2. The number of aliphatic carboxylic acids is 1. The van der Waals surface area contributed by atoms with Gasteiger partial charge in [-0.15, -0.1) is 0 Å². The van der Waals surface area contributed by atoms with Crippen molar-refractivity contribution in [2.75, 3.05) is 20.7 Å². The van der Waals surface area contributed by atoms with Gasteiger partial charge in [-0.2, -0.15) is 0 Å². The molecule has 7 nitrogen and oxygen atoms in total. The van der Waals surface area contributed by atoms with E-state index in [9.17, 15) is 14.4 Å². The summed E-state index contributed by atoms with van der Waals surface area (Å²) in [4.78, 5) is 33.5. The second kappa shape index (κ2) is 7.68. The Kier molecular flexibility index (Phi) is 5.94. The molecule has 7 heteroatoms. The molecular formula is C14H16N2O5. The number of benzene rings is 1. The number of carboxylic acid groups (broad SMARTS) is 1. The molecule has 112 valence electrons. The maximum atomic E-state index is 11.9. The number of nitrogens with one attached hydrogen (secondary N) is 2. The van der Waals surface area contributed by atoms with Gasteiger partial charge in [-0.3, -0.25) is 9.59 Å². The molecule has 0 radical (unpaired) electrons. The van der Waals surface area contributed by atoms with E-state index in [0.29, 0.717) is 16.9 Å². The molecule has 0 fully saturated rings. The average Bonchev–Trinajstić information content (AvgIpc) is 2.49. The minimum absolute atomic E-state index is 0.137. The zero-order chi connectivity index (χ0) is 15.8. The summed E-state index contributed by atoms with van der Waals surface area (Å²) in [5, 5.41) is 13.5. The molecule has 21 heavy (non-hydrogen) atoms. The van der Waals surface area contributed by atoms with E-state index in [1.54, 1.807) is 6.07 Å². The van der Waals surface area contributed by atoms with E-state index in [-0.39, 0.29) is 12.5 Å². The number of amides is 2. The van der Waals surface area contributed by atoms with Crippen LogP contribution in [0.3, 0.4) is 0 Å². The smallest absolute Gasteiger partial charge is 0.328 e. The lowest BCUT2D eigenvalue weighted by molar-refractivity contribution is -0.131. The van der Waals surface area contributed by atoms with Crippen LogP contribution in [0.5, 0.6) is 5.75 Å². The Bertz CT molecular complexity index is 581. The van der Waals surface area contributed by atoms with Crippen LogP contribution in [-0.4, -0.2) is 43.6 Å². The highest BCUT2D eigenvalue weighted by molar-refractivity contribution is 5.97. The Morgan fingerprint density at radius 3 is 2.62 bits per heavy atom. The van der Waals surface area contributed by atoms with Gasteiger partial charge in [-0.05, 0) is 24.3 Å². The van der Waals surface area contributed by atoms with Crippen molar-refractivity contribution < 1.29 is 24.2 Å². The van der Waals surface area contributed by atoms with Crippen LogP contribution in [-0.2, 0) is 9.59 Å². The molecule has 3 N–H and O–H groups in total. The van der Waals surface area contributed by atoms with Gasteiger partial charge < -0.3 is 20.5 Å². The molecule has 1 aromatic carbocycles. The standard InChI is InChI=1S/C14H16N2O5/c1-15-12(17)8-16-14(20)10-3-5-11(21-2)9(7-10)4-6-13(18)19/h3-7H,8H2,1-2H3,(H,15,17)(H,16,20)(H,18,19). The number of carbonyl (C=O) groups excluding carboxylic acids is 2. The quantitative estimate of drug-likeness (QED) is 0.653. The molecule has 0 saturated carbocycles. The maximum Gasteiger partial charge on any atom is 0.328 e. The molecule has 0 bridgehead atoms. The van der Waals surface area contributed by atoms with E-state index in [4.69, 9.17) is 9.84 Å². The monoisotopic (exact) mass is 292 g/mol. The van der Waals surface area contributed by atoms with Crippen LogP contribution in [0.1, 0.15) is 15.9 Å². The number of methoxy groups -OCH3 is 1. The molecule has 0 heterocycles. The average molecular weight is 292 g/mol. The van der Waals surface area contributed by atoms with Gasteiger partial charge >= 0.3 is 5.97 Å². The molecule has 0 aromatic heterocycles. The van der Waals surface area contributed by atoms with Crippen molar-refractivity contribution in [3.05, 3.63) is 35.4 Å². The van der Waals surface area contributed by atoms with Gasteiger partial charge in [0.25, 0.3) is 5.91 Å². The lowest BCUT2D eigenvalue weighted by Gasteiger charge is -2.08. The predicted octanol–water partition coefficient (Wildman–Crippen LogP) is 0.269. The van der Waals surface area contributed by atoms with Gasteiger partial charge in [0.05, 0.1) is 13.7 Å². The summed E-state index contributed by atoms with van der Waals surface area (Å²) in [7, 11) is 2.91. The van der Waals surface area contributed by atoms with Crippen LogP contribution >= 0.6 is 0 Å². The van der Waals surface area contributed by atoms with Crippen molar-refractivity contribution in [1.29, 1.82) is 0 Å². The predicted molar refractivity (Wildman–Crippen MR) is 76.1 cm³/mol. The number of carboxylic acids is 1. The van der Waals surface area contributed by atoms with Gasteiger partial charge in [0.2, 0.25) is 5.91 Å². The zero-order valence-corrected chi connectivity index (χ0v) is 11.7. The van der Waals surface area contributed by atoms with Crippen molar-refractivity contribution in [2.45, 2.75) is 0 Å². The Balaban J connectivity index is 2.93. The Hall–Kier alpha value is -2.83. The lowest BCUT2D eigenvalue weighted by Crippen LogP contribution is -2.35. The minimum Gasteiger partial charge on any atom is -0.496 e. The molecule has 0 aliphatic heterocycles. The maximum absolute atomic E-state index is 11.9. The summed E-state index contributed by atoms with van der Waals surface area (Å²) >= 11 is 0. The van der Waals surface area contributed by atoms with Crippen LogP contribution in [0.15, 0.2) is 24.3 Å². The van der Waals surface area contributed by atoms with Gasteiger partial charge in [0.1, 0.15) is 5.75 Å². The molecule has 0 spiro atoms. The molecule has 0 aliphatic rings. The third kappa shape index (κ3) is 4.98. The van der Waals surface area contributed by atoms with Gasteiger partial charge in [0.15, 0.2) is 0 Å². The van der Waals surface area contributed by atoms with Crippen LogP contribution in [0.4, 0.5) is 0 Å². The van der Waals surface area contributed by atoms with Crippen molar-refractivity contribution >= 4 is 23.9 Å². The van der Waals surface area contributed by atoms with Crippen LogP contribution in [0.2, 0.25) is 0 Å². The largest absolute Gasteiger partial charge is 0.496 e. The summed E-state index contributed by atoms with van der Waals surface area (Å²) in [5.41, 5.74) is 0.747. The fourth-order valence-electron chi connectivity index (χ4n) is 1.52. The van der Waals surface area contributed by atoms with E-state index in [2.05, 4.69) is 10.6 Å². The molecular weight excluding hydrogens is 276 g/mol. The fourth-order valence-corrected chi connectivity index (χ4v) is 1.52. The van der Waals surface area contributed by atoms with Crippen LogP contribution in [0.25, 0.3) is 6.08 Å². The number of likely N-dealkylation sites (N-methyl/N-ethyl adjacent to an activating group) is 1. The van der Waals surface area contributed by atoms with Crippen LogP contribution in [0, 0.1) is 0 Å². The lowest BCUT2D eigenvalue weighted by atomic mass is 10.1. The second-order valence-corrected chi connectivity index (χ2v) is 3.98.